The standard InChI is InChI=1S/C22H25ClFN3O6S2/c1-26(19-7-6-15(12-18(19)24)22(31)27(2)13-21(29)30)10-8-16(14-28)25-35(32,33)11-9-17-4-3-5-20(23)34-17/h4-7,9,11-12,14,16,25H,3,8,10,13H2,1-2H3,(H,29,30)/b11-9+. The highest BCUT2D eigenvalue weighted by atomic mass is 35.5. The van der Waals surface area contributed by atoms with Crippen LogP contribution < -0.4 is 9.62 Å². The highest BCUT2D eigenvalue weighted by molar-refractivity contribution is 8.08. The molecule has 0 bridgehead atoms. The topological polar surface area (TPSA) is 124 Å². The maximum atomic E-state index is 14.6. The number of carboxylic acids is 1. The third-order valence-corrected chi connectivity index (χ3v) is 7.22. The Labute approximate surface area is 212 Å². The lowest BCUT2D eigenvalue weighted by atomic mass is 10.1. The molecule has 9 nitrogen and oxygen atoms in total. The SMILES string of the molecule is CN(CC(=O)O)C(=O)c1ccc(N(C)CCC(C=O)NS(=O)(=O)/C=C/C2=CCC=C(Cl)S2)c(F)c1. The van der Waals surface area contributed by atoms with Gasteiger partial charge in [0, 0.05) is 36.5 Å². The van der Waals surface area contributed by atoms with Crippen LogP contribution in [0.2, 0.25) is 0 Å². The largest absolute Gasteiger partial charge is 0.480 e. The zero-order valence-corrected chi connectivity index (χ0v) is 21.4. The van der Waals surface area contributed by atoms with Crippen LogP contribution in [-0.4, -0.2) is 69.8 Å². The van der Waals surface area contributed by atoms with Gasteiger partial charge in [0.2, 0.25) is 10.0 Å². The summed E-state index contributed by atoms with van der Waals surface area (Å²) in [6, 6.07) is 2.67. The summed E-state index contributed by atoms with van der Waals surface area (Å²) in [7, 11) is -1.07. The van der Waals surface area contributed by atoms with Crippen molar-refractivity contribution in [2.45, 2.75) is 18.9 Å². The number of hydrogen-bond donors (Lipinski definition) is 2. The van der Waals surface area contributed by atoms with E-state index >= 15 is 0 Å². The minimum atomic E-state index is -3.92. The number of anilines is 1. The van der Waals surface area contributed by atoms with Crippen molar-refractivity contribution < 1.29 is 32.3 Å². The molecule has 1 aliphatic heterocycles. The van der Waals surface area contributed by atoms with Gasteiger partial charge < -0.3 is 19.7 Å². The van der Waals surface area contributed by atoms with Gasteiger partial charge in [-0.2, -0.15) is 0 Å². The van der Waals surface area contributed by atoms with Crippen LogP contribution in [0.5, 0.6) is 0 Å². The van der Waals surface area contributed by atoms with Gasteiger partial charge in [-0.15, -0.1) is 0 Å². The number of hydrogen-bond acceptors (Lipinski definition) is 7. The fourth-order valence-corrected chi connectivity index (χ4v) is 5.19. The van der Waals surface area contributed by atoms with E-state index in [0.29, 0.717) is 22.0 Å². The van der Waals surface area contributed by atoms with E-state index in [1.165, 1.54) is 41.9 Å². The Kier molecular flexibility index (Phi) is 10.5. The number of carbonyl (C=O) groups is 3. The van der Waals surface area contributed by atoms with Crippen LogP contribution in [0.4, 0.5) is 10.1 Å². The van der Waals surface area contributed by atoms with Crippen molar-refractivity contribution in [3.8, 4) is 0 Å². The van der Waals surface area contributed by atoms with Crippen LogP contribution >= 0.6 is 23.4 Å². The molecule has 1 unspecified atom stereocenters. The Hall–Kier alpha value is -2.67. The second kappa shape index (κ2) is 12.9. The monoisotopic (exact) mass is 545 g/mol. The lowest BCUT2D eigenvalue weighted by Crippen LogP contribution is -2.37. The number of sulfonamides is 1. The van der Waals surface area contributed by atoms with Crippen LogP contribution in [-0.2, 0) is 19.6 Å². The van der Waals surface area contributed by atoms with Crippen LogP contribution in [0, 0.1) is 5.82 Å². The number of carboxylic acid groups (broad SMARTS) is 1. The smallest absolute Gasteiger partial charge is 0.323 e. The van der Waals surface area contributed by atoms with Gasteiger partial charge in [0.15, 0.2) is 0 Å². The van der Waals surface area contributed by atoms with Crippen LogP contribution in [0.15, 0.2) is 51.1 Å². The van der Waals surface area contributed by atoms with Crippen molar-refractivity contribution in [2.24, 2.45) is 0 Å². The quantitative estimate of drug-likeness (QED) is 0.384. The number of rotatable bonds is 12. The lowest BCUT2D eigenvalue weighted by molar-refractivity contribution is -0.137. The van der Waals surface area contributed by atoms with E-state index in [4.69, 9.17) is 16.7 Å². The second-order valence-electron chi connectivity index (χ2n) is 7.59. The number of benzene rings is 1. The van der Waals surface area contributed by atoms with Gasteiger partial charge in [0.05, 0.1) is 16.1 Å². The first-order valence-electron chi connectivity index (χ1n) is 10.3. The third-order valence-electron chi connectivity index (χ3n) is 4.80. The van der Waals surface area contributed by atoms with Gasteiger partial charge in [-0.05, 0) is 37.1 Å². The molecule has 2 rings (SSSR count). The average molecular weight is 546 g/mol. The molecule has 0 saturated carbocycles. The maximum Gasteiger partial charge on any atom is 0.323 e. The van der Waals surface area contributed by atoms with Crippen LogP contribution in [0.25, 0.3) is 0 Å². The van der Waals surface area contributed by atoms with Crippen molar-refractivity contribution in [1.82, 2.24) is 9.62 Å². The number of nitrogens with zero attached hydrogens (tertiary/aromatic N) is 2. The molecule has 1 heterocycles. The molecule has 1 aromatic carbocycles. The molecule has 0 aromatic heterocycles. The third kappa shape index (κ3) is 9.13. The molecule has 1 amide bonds. The Morgan fingerprint density at radius 1 is 1.31 bits per heavy atom. The number of aliphatic carboxylic acids is 1. The van der Waals surface area contributed by atoms with Crippen molar-refractivity contribution in [1.29, 1.82) is 0 Å². The fourth-order valence-electron chi connectivity index (χ4n) is 3.03. The lowest BCUT2D eigenvalue weighted by Gasteiger charge is -2.22. The summed E-state index contributed by atoms with van der Waals surface area (Å²) in [6.45, 7) is -0.401. The van der Waals surface area contributed by atoms with Gasteiger partial charge >= 0.3 is 5.97 Å². The Balaban J connectivity index is 1.97. The van der Waals surface area contributed by atoms with Gasteiger partial charge in [0.25, 0.3) is 5.91 Å². The highest BCUT2D eigenvalue weighted by Crippen LogP contribution is 2.33. The molecule has 0 aliphatic carbocycles. The summed E-state index contributed by atoms with van der Waals surface area (Å²) in [5.41, 5.74) is 0.109. The molecular weight excluding hydrogens is 521 g/mol. The van der Waals surface area contributed by atoms with E-state index in [1.807, 2.05) is 6.08 Å². The molecule has 0 fully saturated rings. The van der Waals surface area contributed by atoms with Gasteiger partial charge in [-0.3, -0.25) is 9.59 Å². The summed E-state index contributed by atoms with van der Waals surface area (Å²) in [5.74, 6) is -2.57. The van der Waals surface area contributed by atoms with Crippen LogP contribution in [0.3, 0.4) is 0 Å². The van der Waals surface area contributed by atoms with E-state index in [-0.39, 0.29) is 24.2 Å². The van der Waals surface area contributed by atoms with E-state index in [2.05, 4.69) is 4.72 Å². The molecule has 1 aliphatic rings. The number of carbonyl (C=O) groups excluding carboxylic acids is 2. The summed E-state index contributed by atoms with van der Waals surface area (Å²) in [6.07, 6.45) is 6.10. The first-order chi connectivity index (χ1) is 16.4. The highest BCUT2D eigenvalue weighted by Gasteiger charge is 2.19. The Bertz CT molecular complexity index is 1170. The zero-order chi connectivity index (χ0) is 26.2. The molecule has 190 valence electrons. The molecule has 0 saturated heterocycles. The van der Waals surface area contributed by atoms with E-state index < -0.39 is 40.3 Å². The first kappa shape index (κ1) is 28.6. The predicted molar refractivity (Wildman–Crippen MR) is 134 cm³/mol. The molecule has 1 aromatic rings. The number of likely N-dealkylation sites (N-methyl/N-ethyl adjacent to an activating group) is 1. The Morgan fingerprint density at radius 2 is 2.03 bits per heavy atom. The molecule has 0 spiro atoms. The van der Waals surface area contributed by atoms with Crippen molar-refractivity contribution in [3.63, 3.8) is 0 Å². The zero-order valence-electron chi connectivity index (χ0n) is 19.0. The summed E-state index contributed by atoms with van der Waals surface area (Å²) >= 11 is 7.14. The van der Waals surface area contributed by atoms with Gasteiger partial charge in [-0.1, -0.05) is 35.5 Å². The molecule has 2 N–H and O–H groups in total. The number of halogens is 2. The average Bonchev–Trinajstić information content (AvgIpc) is 2.79. The summed E-state index contributed by atoms with van der Waals surface area (Å²) in [5, 5.41) is 9.75. The van der Waals surface area contributed by atoms with Gasteiger partial charge in [0.1, 0.15) is 18.6 Å². The number of thioether (sulfide) groups is 1. The predicted octanol–water partition coefficient (Wildman–Crippen LogP) is 2.91. The number of amides is 1. The van der Waals surface area contributed by atoms with Gasteiger partial charge in [-0.25, -0.2) is 17.5 Å². The number of aldehydes is 1. The number of nitrogens with one attached hydrogen (secondary N) is 1. The maximum absolute atomic E-state index is 14.6. The van der Waals surface area contributed by atoms with E-state index in [0.717, 1.165) is 16.4 Å². The summed E-state index contributed by atoms with van der Waals surface area (Å²) in [4.78, 5) is 37.5. The van der Waals surface area contributed by atoms with Crippen molar-refractivity contribution in [2.75, 3.05) is 32.1 Å². The molecular formula is C22H25ClFN3O6S2. The summed E-state index contributed by atoms with van der Waals surface area (Å²) < 4.78 is 42.1. The van der Waals surface area contributed by atoms with Crippen LogP contribution in [0.1, 0.15) is 23.2 Å². The van der Waals surface area contributed by atoms with Crippen molar-refractivity contribution >= 4 is 57.2 Å². The van der Waals surface area contributed by atoms with E-state index in [1.54, 1.807) is 13.1 Å². The molecule has 0 radical (unpaired) electrons. The molecule has 13 heteroatoms. The number of allylic oxidation sites excluding steroid dienone is 3. The minimum absolute atomic E-state index is 0.0169. The minimum Gasteiger partial charge on any atom is -0.480 e. The second-order valence-corrected chi connectivity index (χ2v) is 10.9. The molecule has 1 atom stereocenters. The molecule has 35 heavy (non-hydrogen) atoms. The van der Waals surface area contributed by atoms with Crippen molar-refractivity contribution in [3.05, 3.63) is 62.5 Å². The van der Waals surface area contributed by atoms with E-state index in [9.17, 15) is 27.2 Å². The Morgan fingerprint density at radius 3 is 2.63 bits per heavy atom. The normalized spacial score (nSPS) is 14.7. The fraction of sp³-hybridized carbons (Fsp3) is 0.318. The first-order valence-corrected chi connectivity index (χ1v) is 13.0.